The topological polar surface area (TPSA) is 38.9 Å². The Kier molecular flexibility index (Phi) is 2.19. The van der Waals surface area contributed by atoms with E-state index in [4.69, 9.17) is 16.4 Å². The summed E-state index contributed by atoms with van der Waals surface area (Å²) < 4.78 is 0. The van der Waals surface area contributed by atoms with Crippen LogP contribution >= 0.6 is 21.7 Å². The molecule has 1 rings (SSSR count). The van der Waals surface area contributed by atoms with Crippen molar-refractivity contribution in [3.05, 3.63) is 18.3 Å². The smallest absolute Gasteiger partial charge is 0.123 e. The average Bonchev–Trinajstić information content (AvgIpc) is 1.90. The third-order valence-electron chi connectivity index (χ3n) is 0.848. The molecule has 4 heteroatoms. The molecule has 0 saturated heterocycles. The summed E-state index contributed by atoms with van der Waals surface area (Å²) in [5.41, 5.74) is 5.32. The van der Waals surface area contributed by atoms with Crippen LogP contribution in [0.15, 0.2) is 23.2 Å². The number of nitrogens with two attached hydrogens (primary N) is 1. The maximum Gasteiger partial charge on any atom is 0.123 e. The standard InChI is InChI=1S/C5H5ClN2S/c6-9-4-1-2-5(7)8-3-4/h1-3H,(H2,7,8). The molecule has 1 aromatic heterocycles. The van der Waals surface area contributed by atoms with Gasteiger partial charge in [0.05, 0.1) is 0 Å². The first-order chi connectivity index (χ1) is 4.33. The molecule has 2 N–H and O–H groups in total. The highest BCUT2D eigenvalue weighted by Gasteiger charge is 1.88. The number of hydrogen-bond donors (Lipinski definition) is 1. The fourth-order valence-electron chi connectivity index (χ4n) is 0.437. The number of nitrogens with zero attached hydrogens (tertiary/aromatic N) is 1. The lowest BCUT2D eigenvalue weighted by Gasteiger charge is -1.91. The normalized spacial score (nSPS) is 9.44. The van der Waals surface area contributed by atoms with Crippen molar-refractivity contribution in [2.45, 2.75) is 4.90 Å². The van der Waals surface area contributed by atoms with E-state index >= 15 is 0 Å². The number of pyridine rings is 1. The van der Waals surface area contributed by atoms with Gasteiger partial charge in [0.2, 0.25) is 0 Å². The first kappa shape index (κ1) is 6.71. The van der Waals surface area contributed by atoms with Gasteiger partial charge in [-0.05, 0) is 33.8 Å². The zero-order valence-electron chi connectivity index (χ0n) is 4.54. The van der Waals surface area contributed by atoms with Crippen molar-refractivity contribution in [2.24, 2.45) is 0 Å². The van der Waals surface area contributed by atoms with E-state index in [0.717, 1.165) is 15.9 Å². The fraction of sp³-hybridized carbons (Fsp3) is 0. The molecular weight excluding hydrogens is 156 g/mol. The van der Waals surface area contributed by atoms with Crippen LogP contribution in [0.3, 0.4) is 0 Å². The summed E-state index contributed by atoms with van der Waals surface area (Å²) in [6, 6.07) is 3.53. The molecule has 0 saturated carbocycles. The number of halogens is 1. The second kappa shape index (κ2) is 2.94. The number of aromatic nitrogens is 1. The van der Waals surface area contributed by atoms with E-state index in [9.17, 15) is 0 Å². The van der Waals surface area contributed by atoms with Gasteiger partial charge in [-0.3, -0.25) is 0 Å². The Hall–Kier alpha value is -0.410. The zero-order chi connectivity index (χ0) is 6.69. The second-order valence-corrected chi connectivity index (χ2v) is 2.58. The Morgan fingerprint density at radius 1 is 1.56 bits per heavy atom. The minimum absolute atomic E-state index is 0.518. The van der Waals surface area contributed by atoms with Crippen LogP contribution in [-0.2, 0) is 0 Å². The molecule has 1 aromatic rings. The lowest BCUT2D eigenvalue weighted by atomic mass is 10.5. The lowest BCUT2D eigenvalue weighted by Crippen LogP contribution is -1.86. The summed E-state index contributed by atoms with van der Waals surface area (Å²) in [5.74, 6) is 0.518. The van der Waals surface area contributed by atoms with Crippen molar-refractivity contribution in [3.8, 4) is 0 Å². The van der Waals surface area contributed by atoms with Gasteiger partial charge in [0.1, 0.15) is 5.82 Å². The molecule has 0 spiro atoms. The Morgan fingerprint density at radius 2 is 2.33 bits per heavy atom. The molecular formula is C5H5ClN2S. The number of nitrogen functional groups attached to an aromatic ring is 1. The van der Waals surface area contributed by atoms with Gasteiger partial charge in [-0.1, -0.05) is 0 Å². The SMILES string of the molecule is Nc1ccc(SCl)cn1. The van der Waals surface area contributed by atoms with Crippen LogP contribution in [0.25, 0.3) is 0 Å². The minimum atomic E-state index is 0.518. The van der Waals surface area contributed by atoms with Gasteiger partial charge >= 0.3 is 0 Å². The van der Waals surface area contributed by atoms with Crippen LogP contribution in [0.4, 0.5) is 5.82 Å². The van der Waals surface area contributed by atoms with Crippen molar-refractivity contribution in [2.75, 3.05) is 5.73 Å². The fourth-order valence-corrected chi connectivity index (χ4v) is 0.923. The van der Waals surface area contributed by atoms with Crippen molar-refractivity contribution >= 4 is 27.5 Å². The number of anilines is 1. The molecule has 0 amide bonds. The van der Waals surface area contributed by atoms with Crippen molar-refractivity contribution in [1.29, 1.82) is 0 Å². The van der Waals surface area contributed by atoms with Gasteiger partial charge < -0.3 is 5.73 Å². The summed E-state index contributed by atoms with van der Waals surface area (Å²) in [6.07, 6.45) is 1.63. The summed E-state index contributed by atoms with van der Waals surface area (Å²) >= 11 is 0. The van der Waals surface area contributed by atoms with Gasteiger partial charge in [0, 0.05) is 11.1 Å². The molecule has 0 bridgehead atoms. The molecule has 0 aliphatic heterocycles. The maximum absolute atomic E-state index is 5.42. The molecule has 0 fully saturated rings. The molecule has 0 unspecified atom stereocenters. The molecule has 0 aliphatic carbocycles. The Labute approximate surface area is 61.9 Å². The monoisotopic (exact) mass is 160 g/mol. The van der Waals surface area contributed by atoms with Gasteiger partial charge in [-0.2, -0.15) is 0 Å². The summed E-state index contributed by atoms with van der Waals surface area (Å²) in [6.45, 7) is 0. The summed E-state index contributed by atoms with van der Waals surface area (Å²) in [4.78, 5) is 4.73. The minimum Gasteiger partial charge on any atom is -0.384 e. The molecule has 1 heterocycles. The van der Waals surface area contributed by atoms with Gasteiger partial charge in [0.15, 0.2) is 0 Å². The Morgan fingerprint density at radius 3 is 2.78 bits per heavy atom. The lowest BCUT2D eigenvalue weighted by molar-refractivity contribution is 1.25. The highest BCUT2D eigenvalue weighted by atomic mass is 35.7. The summed E-state index contributed by atoms with van der Waals surface area (Å²) in [5, 5.41) is 0. The molecule has 0 aromatic carbocycles. The quantitative estimate of drug-likeness (QED) is 0.682. The predicted octanol–water partition coefficient (Wildman–Crippen LogP) is 1.91. The highest BCUT2D eigenvalue weighted by molar-refractivity contribution is 8.21. The summed E-state index contributed by atoms with van der Waals surface area (Å²) in [7, 11) is 6.55. The van der Waals surface area contributed by atoms with E-state index in [1.807, 2.05) is 6.07 Å². The van der Waals surface area contributed by atoms with E-state index in [0.29, 0.717) is 5.82 Å². The highest BCUT2D eigenvalue weighted by Crippen LogP contribution is 2.20. The Bertz CT molecular complexity index is 187. The first-order valence-corrected chi connectivity index (χ1v) is 3.97. The van der Waals surface area contributed by atoms with Crippen LogP contribution < -0.4 is 5.73 Å². The molecule has 9 heavy (non-hydrogen) atoms. The number of hydrogen-bond acceptors (Lipinski definition) is 3. The van der Waals surface area contributed by atoms with Gasteiger partial charge in [0.25, 0.3) is 0 Å². The van der Waals surface area contributed by atoms with E-state index in [-0.39, 0.29) is 0 Å². The second-order valence-electron chi connectivity index (χ2n) is 1.50. The first-order valence-electron chi connectivity index (χ1n) is 2.33. The maximum atomic E-state index is 5.42. The average molecular weight is 161 g/mol. The predicted molar refractivity (Wildman–Crippen MR) is 40.4 cm³/mol. The van der Waals surface area contributed by atoms with Crippen LogP contribution in [-0.4, -0.2) is 4.98 Å². The molecule has 0 aliphatic rings. The largest absolute Gasteiger partial charge is 0.384 e. The van der Waals surface area contributed by atoms with Crippen LogP contribution in [0.2, 0.25) is 0 Å². The van der Waals surface area contributed by atoms with E-state index in [1.165, 1.54) is 0 Å². The van der Waals surface area contributed by atoms with Gasteiger partial charge in [-0.25, -0.2) is 4.98 Å². The molecule has 2 nitrogen and oxygen atoms in total. The van der Waals surface area contributed by atoms with Crippen LogP contribution in [0, 0.1) is 0 Å². The molecule has 48 valence electrons. The van der Waals surface area contributed by atoms with E-state index in [2.05, 4.69) is 4.98 Å². The van der Waals surface area contributed by atoms with Crippen molar-refractivity contribution in [3.63, 3.8) is 0 Å². The molecule has 0 atom stereocenters. The van der Waals surface area contributed by atoms with Crippen LogP contribution in [0.5, 0.6) is 0 Å². The van der Waals surface area contributed by atoms with Crippen LogP contribution in [0.1, 0.15) is 0 Å². The van der Waals surface area contributed by atoms with Crippen molar-refractivity contribution in [1.82, 2.24) is 4.98 Å². The Balaban J connectivity index is 2.88. The zero-order valence-corrected chi connectivity index (χ0v) is 6.12. The van der Waals surface area contributed by atoms with Gasteiger partial charge in [-0.15, -0.1) is 0 Å². The third-order valence-corrected chi connectivity index (χ3v) is 1.80. The third kappa shape index (κ3) is 1.77. The molecule has 0 radical (unpaired) electrons. The van der Waals surface area contributed by atoms with E-state index in [1.54, 1.807) is 12.3 Å². The number of rotatable bonds is 1. The van der Waals surface area contributed by atoms with Crippen molar-refractivity contribution < 1.29 is 0 Å². The van der Waals surface area contributed by atoms with E-state index < -0.39 is 0 Å².